The van der Waals surface area contributed by atoms with Gasteiger partial charge in [-0.25, -0.2) is 0 Å². The molecule has 0 aromatic heterocycles. The molecule has 70 valence electrons. The lowest BCUT2D eigenvalue weighted by atomic mass is 10.1. The van der Waals surface area contributed by atoms with Crippen molar-refractivity contribution in [2.75, 3.05) is 0 Å². The van der Waals surface area contributed by atoms with Crippen LogP contribution in [0.1, 0.15) is 26.2 Å². The summed E-state index contributed by atoms with van der Waals surface area (Å²) in [5, 5.41) is 0. The van der Waals surface area contributed by atoms with Crippen LogP contribution in [0, 0.1) is 0 Å². The monoisotopic (exact) mass is 176 g/mol. The summed E-state index contributed by atoms with van der Waals surface area (Å²) in [6.45, 7) is 9.58. The van der Waals surface area contributed by atoms with Crippen molar-refractivity contribution in [3.8, 4) is 0 Å². The zero-order valence-corrected chi connectivity index (χ0v) is 8.14. The predicted molar refractivity (Wildman–Crippen MR) is 57.5 cm³/mol. The smallest absolute Gasteiger partial charge is 0.0589 e. The summed E-state index contributed by atoms with van der Waals surface area (Å²) in [6.07, 6.45) is 5.03. The van der Waals surface area contributed by atoms with Crippen LogP contribution in [0.25, 0.3) is 0 Å². The maximum absolute atomic E-state index is 5.51. The second-order valence-electron chi connectivity index (χ2n) is 3.39. The van der Waals surface area contributed by atoms with Gasteiger partial charge in [0.2, 0.25) is 0 Å². The first-order valence-corrected chi connectivity index (χ1v) is 4.48. The standard InChI is InChI=1S/C11H16N2/c1-8(12)7-11-6-4-5-9(2)13-10(11)3/h7H,1,3-6,12H2,2H3/b11-7-. The van der Waals surface area contributed by atoms with Crippen LogP contribution in [-0.4, -0.2) is 5.71 Å². The van der Waals surface area contributed by atoms with Crippen LogP contribution >= 0.6 is 0 Å². The van der Waals surface area contributed by atoms with E-state index in [1.54, 1.807) is 0 Å². The first-order valence-electron chi connectivity index (χ1n) is 4.48. The van der Waals surface area contributed by atoms with Crippen molar-refractivity contribution in [1.82, 2.24) is 0 Å². The summed E-state index contributed by atoms with van der Waals surface area (Å²) < 4.78 is 0. The molecule has 0 fully saturated rings. The highest BCUT2D eigenvalue weighted by molar-refractivity contribution is 5.83. The van der Waals surface area contributed by atoms with Gasteiger partial charge in [0.15, 0.2) is 0 Å². The van der Waals surface area contributed by atoms with Gasteiger partial charge in [-0.15, -0.1) is 0 Å². The van der Waals surface area contributed by atoms with E-state index in [4.69, 9.17) is 5.73 Å². The Bertz CT molecular complexity index is 295. The fourth-order valence-corrected chi connectivity index (χ4v) is 1.42. The Hall–Kier alpha value is -1.31. The maximum atomic E-state index is 5.51. The number of hydrogen-bond acceptors (Lipinski definition) is 2. The molecule has 0 atom stereocenters. The van der Waals surface area contributed by atoms with Crippen LogP contribution < -0.4 is 5.73 Å². The zero-order valence-electron chi connectivity index (χ0n) is 8.14. The average Bonchev–Trinajstić information content (AvgIpc) is 2.13. The van der Waals surface area contributed by atoms with E-state index in [2.05, 4.69) is 18.2 Å². The minimum atomic E-state index is 0.575. The summed E-state index contributed by atoms with van der Waals surface area (Å²) in [5.74, 6) is 0. The van der Waals surface area contributed by atoms with Crippen molar-refractivity contribution in [3.05, 3.63) is 36.2 Å². The van der Waals surface area contributed by atoms with Crippen molar-refractivity contribution < 1.29 is 0 Å². The van der Waals surface area contributed by atoms with Crippen LogP contribution in [0.5, 0.6) is 0 Å². The first kappa shape index (κ1) is 9.78. The number of nitrogens with zero attached hydrogens (tertiary/aromatic N) is 1. The summed E-state index contributed by atoms with van der Waals surface area (Å²) >= 11 is 0. The van der Waals surface area contributed by atoms with E-state index in [0.29, 0.717) is 5.70 Å². The zero-order chi connectivity index (χ0) is 9.84. The van der Waals surface area contributed by atoms with Crippen LogP contribution in [0.4, 0.5) is 0 Å². The molecule has 0 saturated heterocycles. The minimum absolute atomic E-state index is 0.575. The van der Waals surface area contributed by atoms with Gasteiger partial charge in [-0.1, -0.05) is 13.2 Å². The van der Waals surface area contributed by atoms with E-state index in [-0.39, 0.29) is 0 Å². The van der Waals surface area contributed by atoms with Gasteiger partial charge < -0.3 is 5.73 Å². The van der Waals surface area contributed by atoms with Gasteiger partial charge in [0.25, 0.3) is 0 Å². The number of allylic oxidation sites excluding steroid dienone is 2. The molecule has 2 N–H and O–H groups in total. The number of rotatable bonds is 1. The number of aliphatic imine (C=N–C) groups is 1. The molecule has 0 radical (unpaired) electrons. The molecule has 1 aliphatic heterocycles. The van der Waals surface area contributed by atoms with E-state index in [0.717, 1.165) is 36.2 Å². The van der Waals surface area contributed by atoms with E-state index in [1.165, 1.54) is 0 Å². The third-order valence-corrected chi connectivity index (χ3v) is 2.04. The lowest BCUT2D eigenvalue weighted by Gasteiger charge is -2.02. The summed E-state index contributed by atoms with van der Waals surface area (Å²) in [7, 11) is 0. The Morgan fingerprint density at radius 1 is 1.54 bits per heavy atom. The molecule has 0 aliphatic carbocycles. The number of nitrogens with two attached hydrogens (primary N) is 1. The third-order valence-electron chi connectivity index (χ3n) is 2.04. The molecular formula is C11H16N2. The summed E-state index contributed by atoms with van der Waals surface area (Å²) in [6, 6.07) is 0. The van der Waals surface area contributed by atoms with E-state index >= 15 is 0 Å². The minimum Gasteiger partial charge on any atom is -0.399 e. The van der Waals surface area contributed by atoms with Crippen LogP contribution in [0.2, 0.25) is 0 Å². The van der Waals surface area contributed by atoms with Gasteiger partial charge in [0, 0.05) is 11.4 Å². The van der Waals surface area contributed by atoms with Gasteiger partial charge in [-0.05, 0) is 37.8 Å². The van der Waals surface area contributed by atoms with Crippen molar-refractivity contribution in [1.29, 1.82) is 0 Å². The van der Waals surface area contributed by atoms with Crippen molar-refractivity contribution >= 4 is 5.71 Å². The highest BCUT2D eigenvalue weighted by Gasteiger charge is 2.07. The van der Waals surface area contributed by atoms with Crippen molar-refractivity contribution in [2.45, 2.75) is 26.2 Å². The fourth-order valence-electron chi connectivity index (χ4n) is 1.42. The molecule has 1 heterocycles. The Kier molecular flexibility index (Phi) is 3.07. The quantitative estimate of drug-likeness (QED) is 0.655. The second-order valence-corrected chi connectivity index (χ2v) is 3.39. The maximum Gasteiger partial charge on any atom is 0.0589 e. The van der Waals surface area contributed by atoms with Crippen LogP contribution in [-0.2, 0) is 0 Å². The third kappa shape index (κ3) is 2.90. The van der Waals surface area contributed by atoms with Crippen LogP contribution in [0.15, 0.2) is 41.2 Å². The topological polar surface area (TPSA) is 38.4 Å². The molecule has 2 nitrogen and oxygen atoms in total. The molecule has 0 unspecified atom stereocenters. The number of hydrogen-bond donors (Lipinski definition) is 1. The second kappa shape index (κ2) is 4.08. The van der Waals surface area contributed by atoms with Gasteiger partial charge in [-0.2, -0.15) is 0 Å². The molecular weight excluding hydrogens is 160 g/mol. The van der Waals surface area contributed by atoms with E-state index in [9.17, 15) is 0 Å². The summed E-state index contributed by atoms with van der Waals surface area (Å²) in [5.41, 5.74) is 9.18. The molecule has 0 bridgehead atoms. The Morgan fingerprint density at radius 2 is 2.23 bits per heavy atom. The Balaban J connectivity index is 2.88. The summed E-state index contributed by atoms with van der Waals surface area (Å²) in [4.78, 5) is 4.37. The normalized spacial score (nSPS) is 21.2. The van der Waals surface area contributed by atoms with E-state index < -0.39 is 0 Å². The molecule has 0 amide bonds. The Morgan fingerprint density at radius 3 is 2.85 bits per heavy atom. The highest BCUT2D eigenvalue weighted by atomic mass is 14.8. The average molecular weight is 176 g/mol. The van der Waals surface area contributed by atoms with Crippen molar-refractivity contribution in [2.24, 2.45) is 10.7 Å². The molecule has 2 heteroatoms. The molecule has 0 spiro atoms. The molecule has 1 aliphatic rings. The molecule has 13 heavy (non-hydrogen) atoms. The van der Waals surface area contributed by atoms with E-state index in [1.807, 2.05) is 13.0 Å². The van der Waals surface area contributed by atoms with Gasteiger partial charge in [0.1, 0.15) is 0 Å². The predicted octanol–water partition coefficient (Wildman–Crippen LogP) is 2.54. The Labute approximate surface area is 79.5 Å². The lowest BCUT2D eigenvalue weighted by Crippen LogP contribution is -1.93. The van der Waals surface area contributed by atoms with Crippen molar-refractivity contribution in [3.63, 3.8) is 0 Å². The molecule has 0 aromatic carbocycles. The van der Waals surface area contributed by atoms with Gasteiger partial charge >= 0.3 is 0 Å². The molecule has 0 saturated carbocycles. The van der Waals surface area contributed by atoms with Crippen LogP contribution in [0.3, 0.4) is 0 Å². The molecule has 0 aromatic rings. The SMILES string of the molecule is C=C(N)/C=C1/CCCC(C)=NC1=C. The molecule has 1 rings (SSSR count). The lowest BCUT2D eigenvalue weighted by molar-refractivity contribution is 0.873. The largest absolute Gasteiger partial charge is 0.399 e. The highest BCUT2D eigenvalue weighted by Crippen LogP contribution is 2.22. The fraction of sp³-hybridized carbons (Fsp3) is 0.364. The van der Waals surface area contributed by atoms with Gasteiger partial charge in [0.05, 0.1) is 5.70 Å². The first-order chi connectivity index (χ1) is 6.09. The van der Waals surface area contributed by atoms with Gasteiger partial charge in [-0.3, -0.25) is 4.99 Å².